The summed E-state index contributed by atoms with van der Waals surface area (Å²) in [4.78, 5) is 6.92. The van der Waals surface area contributed by atoms with Crippen molar-refractivity contribution in [1.82, 2.24) is 15.2 Å². The minimum absolute atomic E-state index is 0.293. The number of aliphatic hydroxyl groups is 1. The van der Waals surface area contributed by atoms with Gasteiger partial charge in [0.15, 0.2) is 0 Å². The van der Waals surface area contributed by atoms with E-state index in [0.29, 0.717) is 24.5 Å². The molecule has 4 heteroatoms. The fourth-order valence-corrected chi connectivity index (χ4v) is 3.07. The molecule has 3 atom stereocenters. The molecular formula is C17H29N3O. The summed E-state index contributed by atoms with van der Waals surface area (Å²) in [6.45, 7) is 9.05. The molecule has 21 heavy (non-hydrogen) atoms. The van der Waals surface area contributed by atoms with Gasteiger partial charge in [-0.2, -0.15) is 0 Å². The predicted molar refractivity (Wildman–Crippen MR) is 86.0 cm³/mol. The fraction of sp³-hybridized carbons (Fsp3) is 0.706. The van der Waals surface area contributed by atoms with Gasteiger partial charge in [-0.25, -0.2) is 0 Å². The number of nitrogens with one attached hydrogen (secondary N) is 1. The van der Waals surface area contributed by atoms with Gasteiger partial charge in [0.2, 0.25) is 0 Å². The Labute approximate surface area is 128 Å². The Kier molecular flexibility index (Phi) is 6.61. The summed E-state index contributed by atoms with van der Waals surface area (Å²) < 4.78 is 0. The molecule has 1 saturated heterocycles. The molecule has 0 amide bonds. The number of likely N-dealkylation sites (tertiary alicyclic amines) is 1. The summed E-state index contributed by atoms with van der Waals surface area (Å²) in [5, 5.41) is 12.6. The van der Waals surface area contributed by atoms with E-state index in [9.17, 15) is 0 Å². The minimum Gasteiger partial charge on any atom is -0.396 e. The normalized spacial score (nSPS) is 24.9. The molecular weight excluding hydrogens is 262 g/mol. The average molecular weight is 291 g/mol. The molecule has 2 N–H and O–H groups in total. The quantitative estimate of drug-likeness (QED) is 0.805. The molecule has 1 aliphatic heterocycles. The minimum atomic E-state index is 0.293. The molecule has 118 valence electrons. The van der Waals surface area contributed by atoms with Crippen molar-refractivity contribution in [2.75, 3.05) is 26.2 Å². The Balaban J connectivity index is 1.74. The maximum absolute atomic E-state index is 8.96. The Morgan fingerprint density at radius 1 is 1.48 bits per heavy atom. The van der Waals surface area contributed by atoms with E-state index in [1.807, 2.05) is 12.3 Å². The van der Waals surface area contributed by atoms with Gasteiger partial charge >= 0.3 is 0 Å². The van der Waals surface area contributed by atoms with Crippen molar-refractivity contribution in [3.05, 3.63) is 30.1 Å². The highest BCUT2D eigenvalue weighted by atomic mass is 16.3. The van der Waals surface area contributed by atoms with E-state index in [0.717, 1.165) is 38.3 Å². The van der Waals surface area contributed by atoms with Crippen LogP contribution in [0.2, 0.25) is 0 Å². The van der Waals surface area contributed by atoms with Crippen molar-refractivity contribution in [1.29, 1.82) is 0 Å². The molecule has 2 rings (SSSR count). The molecule has 1 fully saturated rings. The first-order valence-electron chi connectivity index (χ1n) is 8.15. The monoisotopic (exact) mass is 291 g/mol. The number of nitrogens with zero attached hydrogens (tertiary/aromatic N) is 2. The third-order valence-electron chi connectivity index (χ3n) is 4.45. The van der Waals surface area contributed by atoms with Crippen LogP contribution in [0.25, 0.3) is 0 Å². The number of aliphatic hydroxyl groups excluding tert-OH is 1. The van der Waals surface area contributed by atoms with E-state index in [-0.39, 0.29) is 0 Å². The third kappa shape index (κ3) is 5.38. The number of aromatic nitrogens is 1. The van der Waals surface area contributed by atoms with Crippen molar-refractivity contribution < 1.29 is 5.11 Å². The summed E-state index contributed by atoms with van der Waals surface area (Å²) in [6, 6.07) is 6.73. The molecule has 0 saturated carbocycles. The molecule has 4 nitrogen and oxygen atoms in total. The molecule has 2 heterocycles. The van der Waals surface area contributed by atoms with Gasteiger partial charge in [0, 0.05) is 38.5 Å². The summed E-state index contributed by atoms with van der Waals surface area (Å²) in [5.74, 6) is 1.21. The lowest BCUT2D eigenvalue weighted by Crippen LogP contribution is -2.48. The zero-order valence-corrected chi connectivity index (χ0v) is 13.3. The molecule has 0 aliphatic carbocycles. The summed E-state index contributed by atoms with van der Waals surface area (Å²) in [7, 11) is 0. The highest BCUT2D eigenvalue weighted by molar-refractivity contribution is 5.03. The SMILES string of the molecule is CC(CCO)CNC1CCN(Cc2ccccn2)CC1C. The van der Waals surface area contributed by atoms with Crippen LogP contribution in [0, 0.1) is 11.8 Å². The molecule has 0 radical (unpaired) electrons. The van der Waals surface area contributed by atoms with Crippen LogP contribution in [0.1, 0.15) is 32.4 Å². The van der Waals surface area contributed by atoms with Crippen LogP contribution in [0.5, 0.6) is 0 Å². The molecule has 1 aliphatic rings. The van der Waals surface area contributed by atoms with Crippen molar-refractivity contribution >= 4 is 0 Å². The number of rotatable bonds is 7. The Hall–Kier alpha value is -0.970. The summed E-state index contributed by atoms with van der Waals surface area (Å²) >= 11 is 0. The standard InChI is InChI=1S/C17H29N3O/c1-14(7-10-21)11-19-17-6-9-20(12-15(17)2)13-16-5-3-4-8-18-16/h3-5,8,14-15,17,19,21H,6-7,9-13H2,1-2H3. The molecule has 1 aromatic rings. The third-order valence-corrected chi connectivity index (χ3v) is 4.45. The average Bonchev–Trinajstić information content (AvgIpc) is 2.48. The Bertz CT molecular complexity index is 398. The Morgan fingerprint density at radius 3 is 3.00 bits per heavy atom. The molecule has 1 aromatic heterocycles. The zero-order valence-electron chi connectivity index (χ0n) is 13.3. The Morgan fingerprint density at radius 2 is 2.33 bits per heavy atom. The second kappa shape index (κ2) is 8.47. The number of hydrogen-bond acceptors (Lipinski definition) is 4. The van der Waals surface area contributed by atoms with Crippen LogP contribution in [0.4, 0.5) is 0 Å². The van der Waals surface area contributed by atoms with E-state index in [1.54, 1.807) is 0 Å². The van der Waals surface area contributed by atoms with Crippen molar-refractivity contribution in [3.8, 4) is 0 Å². The van der Waals surface area contributed by atoms with Crippen molar-refractivity contribution in [2.45, 2.75) is 39.3 Å². The van der Waals surface area contributed by atoms with E-state index in [1.165, 1.54) is 6.42 Å². The first-order valence-corrected chi connectivity index (χ1v) is 8.15. The molecule has 0 bridgehead atoms. The number of hydrogen-bond donors (Lipinski definition) is 2. The highest BCUT2D eigenvalue weighted by Crippen LogP contribution is 2.18. The van der Waals surface area contributed by atoms with Gasteiger partial charge in [0.05, 0.1) is 5.69 Å². The van der Waals surface area contributed by atoms with Gasteiger partial charge < -0.3 is 10.4 Å². The van der Waals surface area contributed by atoms with Gasteiger partial charge in [-0.05, 0) is 43.4 Å². The summed E-state index contributed by atoms with van der Waals surface area (Å²) in [5.41, 5.74) is 1.16. The van der Waals surface area contributed by atoms with Gasteiger partial charge in [-0.3, -0.25) is 9.88 Å². The topological polar surface area (TPSA) is 48.4 Å². The lowest BCUT2D eigenvalue weighted by Gasteiger charge is -2.37. The zero-order chi connectivity index (χ0) is 15.1. The van der Waals surface area contributed by atoms with E-state index < -0.39 is 0 Å². The maximum atomic E-state index is 8.96. The fourth-order valence-electron chi connectivity index (χ4n) is 3.07. The molecule has 0 aromatic carbocycles. The van der Waals surface area contributed by atoms with E-state index in [4.69, 9.17) is 5.11 Å². The predicted octanol–water partition coefficient (Wildman–Crippen LogP) is 1.90. The summed E-state index contributed by atoms with van der Waals surface area (Å²) in [6.07, 6.45) is 3.95. The maximum Gasteiger partial charge on any atom is 0.0543 e. The smallest absolute Gasteiger partial charge is 0.0543 e. The first-order chi connectivity index (χ1) is 10.2. The van der Waals surface area contributed by atoms with E-state index in [2.05, 4.69) is 41.2 Å². The molecule has 0 spiro atoms. The second-order valence-electron chi connectivity index (χ2n) is 6.45. The van der Waals surface area contributed by atoms with Gasteiger partial charge in [0.1, 0.15) is 0 Å². The van der Waals surface area contributed by atoms with Crippen LogP contribution < -0.4 is 5.32 Å². The first kappa shape index (κ1) is 16.4. The number of piperidine rings is 1. The van der Waals surface area contributed by atoms with Crippen LogP contribution in [0.3, 0.4) is 0 Å². The largest absolute Gasteiger partial charge is 0.396 e. The number of pyridine rings is 1. The lowest BCUT2D eigenvalue weighted by atomic mass is 9.93. The van der Waals surface area contributed by atoms with Crippen LogP contribution in [-0.4, -0.2) is 47.3 Å². The van der Waals surface area contributed by atoms with Crippen LogP contribution in [0.15, 0.2) is 24.4 Å². The van der Waals surface area contributed by atoms with Crippen LogP contribution in [-0.2, 0) is 6.54 Å². The van der Waals surface area contributed by atoms with Crippen molar-refractivity contribution in [2.24, 2.45) is 11.8 Å². The van der Waals surface area contributed by atoms with E-state index >= 15 is 0 Å². The second-order valence-corrected chi connectivity index (χ2v) is 6.45. The van der Waals surface area contributed by atoms with Crippen LogP contribution >= 0.6 is 0 Å². The molecule has 3 unspecified atom stereocenters. The van der Waals surface area contributed by atoms with Gasteiger partial charge in [-0.15, -0.1) is 0 Å². The highest BCUT2D eigenvalue weighted by Gasteiger charge is 2.26. The van der Waals surface area contributed by atoms with Gasteiger partial charge in [0.25, 0.3) is 0 Å². The lowest BCUT2D eigenvalue weighted by molar-refractivity contribution is 0.136. The van der Waals surface area contributed by atoms with Gasteiger partial charge in [-0.1, -0.05) is 19.9 Å². The van der Waals surface area contributed by atoms with Crippen molar-refractivity contribution in [3.63, 3.8) is 0 Å².